The number of likely N-dealkylation sites (tertiary alicyclic amines) is 1. The lowest BCUT2D eigenvalue weighted by atomic mass is 10.0. The summed E-state index contributed by atoms with van der Waals surface area (Å²) in [5, 5.41) is 9.74. The van der Waals surface area contributed by atoms with Gasteiger partial charge >= 0.3 is 0 Å². The van der Waals surface area contributed by atoms with Crippen LogP contribution in [-0.2, 0) is 0 Å². The molecule has 1 fully saturated rings. The van der Waals surface area contributed by atoms with E-state index in [-0.39, 0.29) is 12.6 Å². The van der Waals surface area contributed by atoms with Crippen LogP contribution in [0.4, 0.5) is 0 Å². The second kappa shape index (κ2) is 5.31. The van der Waals surface area contributed by atoms with Crippen molar-refractivity contribution in [3.63, 3.8) is 0 Å². The van der Waals surface area contributed by atoms with E-state index in [1.54, 1.807) is 0 Å². The number of imidazole rings is 1. The summed E-state index contributed by atoms with van der Waals surface area (Å²) in [6.07, 6.45) is 3.79. The summed E-state index contributed by atoms with van der Waals surface area (Å²) in [4.78, 5) is 10.1. The van der Waals surface area contributed by atoms with Crippen LogP contribution >= 0.6 is 0 Å². The highest BCUT2D eigenvalue weighted by Gasteiger charge is 2.21. The van der Waals surface area contributed by atoms with Crippen molar-refractivity contribution >= 4 is 11.0 Å². The van der Waals surface area contributed by atoms with Gasteiger partial charge in [-0.2, -0.15) is 0 Å². The number of hydrogen-bond donors (Lipinski definition) is 2. The van der Waals surface area contributed by atoms with E-state index in [0.717, 1.165) is 29.9 Å². The Hall–Kier alpha value is -1.39. The molecular weight excluding hydrogens is 238 g/mol. The molecule has 0 radical (unpaired) electrons. The topological polar surface area (TPSA) is 52.2 Å². The van der Waals surface area contributed by atoms with Gasteiger partial charge in [-0.05, 0) is 50.6 Å². The van der Waals surface area contributed by atoms with E-state index < -0.39 is 0 Å². The maximum Gasteiger partial charge on any atom is 0.104 e. The first-order valence-corrected chi connectivity index (χ1v) is 7.09. The van der Waals surface area contributed by atoms with E-state index in [0.29, 0.717) is 0 Å². The Morgan fingerprint density at radius 2 is 2.11 bits per heavy atom. The quantitative estimate of drug-likeness (QED) is 0.890. The molecule has 0 amide bonds. The molecule has 0 aliphatic carbocycles. The normalized spacial score (nSPS) is 18.8. The highest BCUT2D eigenvalue weighted by molar-refractivity contribution is 5.76. The van der Waals surface area contributed by atoms with E-state index in [9.17, 15) is 5.11 Å². The molecule has 1 aliphatic heterocycles. The zero-order chi connectivity index (χ0) is 13.2. The van der Waals surface area contributed by atoms with Gasteiger partial charge in [0.1, 0.15) is 5.82 Å². The Bertz CT molecular complexity index is 558. The fraction of sp³-hybridized carbons (Fsp3) is 0.533. The molecule has 102 valence electrons. The predicted octanol–water partition coefficient (Wildman–Crippen LogP) is 2.39. The summed E-state index contributed by atoms with van der Waals surface area (Å²) in [5.41, 5.74) is 3.24. The van der Waals surface area contributed by atoms with Crippen molar-refractivity contribution in [1.82, 2.24) is 14.9 Å². The minimum atomic E-state index is 0.119. The summed E-state index contributed by atoms with van der Waals surface area (Å²) in [6.45, 7) is 4.32. The van der Waals surface area contributed by atoms with E-state index >= 15 is 0 Å². The van der Waals surface area contributed by atoms with Crippen LogP contribution < -0.4 is 0 Å². The van der Waals surface area contributed by atoms with Crippen LogP contribution in [0.15, 0.2) is 18.2 Å². The van der Waals surface area contributed by atoms with Crippen molar-refractivity contribution in [3.8, 4) is 0 Å². The molecule has 0 saturated carbocycles. The van der Waals surface area contributed by atoms with E-state index in [1.165, 1.54) is 24.8 Å². The van der Waals surface area contributed by atoms with Crippen LogP contribution in [0.2, 0.25) is 0 Å². The van der Waals surface area contributed by atoms with Crippen LogP contribution in [0, 0.1) is 6.92 Å². The monoisotopic (exact) mass is 259 g/mol. The zero-order valence-corrected chi connectivity index (χ0v) is 11.4. The Morgan fingerprint density at radius 1 is 1.32 bits per heavy atom. The highest BCUT2D eigenvalue weighted by Crippen LogP contribution is 2.26. The van der Waals surface area contributed by atoms with E-state index in [1.807, 2.05) is 13.0 Å². The average Bonchev–Trinajstić information content (AvgIpc) is 2.80. The van der Waals surface area contributed by atoms with Crippen LogP contribution in [0.3, 0.4) is 0 Å². The Labute approximate surface area is 113 Å². The van der Waals surface area contributed by atoms with Crippen molar-refractivity contribution in [2.24, 2.45) is 0 Å². The van der Waals surface area contributed by atoms with Gasteiger partial charge in [-0.3, -0.25) is 4.90 Å². The number of H-pyrrole nitrogens is 1. The van der Waals surface area contributed by atoms with Crippen LogP contribution in [-0.4, -0.2) is 39.7 Å². The van der Waals surface area contributed by atoms with Crippen molar-refractivity contribution in [3.05, 3.63) is 29.6 Å². The van der Waals surface area contributed by atoms with Gasteiger partial charge in [0.2, 0.25) is 0 Å². The molecular formula is C15H21N3O. The summed E-state index contributed by atoms with van der Waals surface area (Å²) >= 11 is 0. The molecule has 1 atom stereocenters. The first-order valence-electron chi connectivity index (χ1n) is 7.09. The van der Waals surface area contributed by atoms with Gasteiger partial charge in [0.15, 0.2) is 0 Å². The minimum Gasteiger partial charge on any atom is -0.394 e. The van der Waals surface area contributed by atoms with Gasteiger partial charge in [0.05, 0.1) is 23.7 Å². The second-order valence-corrected chi connectivity index (χ2v) is 5.39. The second-order valence-electron chi connectivity index (χ2n) is 5.39. The minimum absolute atomic E-state index is 0.119. The molecule has 2 aromatic rings. The van der Waals surface area contributed by atoms with Crippen LogP contribution in [0.25, 0.3) is 11.0 Å². The summed E-state index contributed by atoms with van der Waals surface area (Å²) < 4.78 is 0. The maximum atomic E-state index is 9.74. The molecule has 4 heteroatoms. The molecule has 4 nitrogen and oxygen atoms in total. The number of aromatic amines is 1. The number of aliphatic hydroxyl groups is 1. The molecule has 1 saturated heterocycles. The third kappa shape index (κ3) is 2.51. The van der Waals surface area contributed by atoms with Gasteiger partial charge in [0, 0.05) is 0 Å². The highest BCUT2D eigenvalue weighted by atomic mass is 16.3. The number of benzene rings is 1. The Kier molecular flexibility index (Phi) is 3.53. The molecule has 3 rings (SSSR count). The number of aliphatic hydroxyl groups excluding tert-OH is 1. The molecule has 0 spiro atoms. The van der Waals surface area contributed by atoms with Crippen molar-refractivity contribution < 1.29 is 5.11 Å². The molecule has 1 aromatic heterocycles. The third-order valence-electron chi connectivity index (χ3n) is 4.01. The maximum absolute atomic E-state index is 9.74. The third-order valence-corrected chi connectivity index (χ3v) is 4.01. The fourth-order valence-electron chi connectivity index (χ4n) is 3.02. The molecule has 2 N–H and O–H groups in total. The molecule has 2 heterocycles. The number of rotatable bonds is 3. The van der Waals surface area contributed by atoms with Gasteiger partial charge in [0.25, 0.3) is 0 Å². The smallest absolute Gasteiger partial charge is 0.104 e. The lowest BCUT2D eigenvalue weighted by Gasteiger charge is -2.33. The van der Waals surface area contributed by atoms with Crippen molar-refractivity contribution in [2.45, 2.75) is 32.2 Å². The van der Waals surface area contributed by atoms with Crippen LogP contribution in [0.1, 0.15) is 36.7 Å². The van der Waals surface area contributed by atoms with E-state index in [2.05, 4.69) is 27.0 Å². The molecule has 0 bridgehead atoms. The number of fused-ring (bicyclic) bond motifs is 1. The molecule has 1 aromatic carbocycles. The number of nitrogens with one attached hydrogen (secondary N) is 1. The fourth-order valence-corrected chi connectivity index (χ4v) is 3.02. The Morgan fingerprint density at radius 3 is 2.84 bits per heavy atom. The number of piperidine rings is 1. The molecule has 1 aliphatic rings. The first-order chi connectivity index (χ1) is 9.28. The van der Waals surface area contributed by atoms with Gasteiger partial charge in [-0.1, -0.05) is 12.5 Å². The summed E-state index contributed by atoms with van der Waals surface area (Å²) in [6, 6.07) is 6.39. The van der Waals surface area contributed by atoms with Crippen molar-refractivity contribution in [2.75, 3.05) is 19.7 Å². The van der Waals surface area contributed by atoms with Crippen molar-refractivity contribution in [1.29, 1.82) is 0 Å². The van der Waals surface area contributed by atoms with Gasteiger partial charge in [-0.15, -0.1) is 0 Å². The molecule has 19 heavy (non-hydrogen) atoms. The van der Waals surface area contributed by atoms with Gasteiger partial charge < -0.3 is 10.1 Å². The lowest BCUT2D eigenvalue weighted by molar-refractivity contribution is 0.104. The average molecular weight is 259 g/mol. The SMILES string of the molecule is Cc1nc2ccc(C(CO)N3CCCCC3)cc2[nH]1. The number of aromatic nitrogens is 2. The summed E-state index contributed by atoms with van der Waals surface area (Å²) in [7, 11) is 0. The first kappa shape index (κ1) is 12.6. The number of nitrogens with zero attached hydrogens (tertiary/aromatic N) is 2. The number of aryl methyl sites for hydroxylation is 1. The number of hydrogen-bond acceptors (Lipinski definition) is 3. The van der Waals surface area contributed by atoms with Crippen LogP contribution in [0.5, 0.6) is 0 Å². The Balaban J connectivity index is 1.91. The standard InChI is InChI=1S/C15H21N3O/c1-11-16-13-6-5-12(9-14(13)17-11)15(10-19)18-7-3-2-4-8-18/h5-6,9,15,19H,2-4,7-8,10H2,1H3,(H,16,17). The largest absolute Gasteiger partial charge is 0.394 e. The summed E-state index contributed by atoms with van der Waals surface area (Å²) in [5.74, 6) is 0.936. The predicted molar refractivity (Wildman–Crippen MR) is 76.1 cm³/mol. The lowest BCUT2D eigenvalue weighted by Crippen LogP contribution is -2.35. The molecule has 1 unspecified atom stereocenters. The zero-order valence-electron chi connectivity index (χ0n) is 11.4. The van der Waals surface area contributed by atoms with Gasteiger partial charge in [-0.25, -0.2) is 4.98 Å². The van der Waals surface area contributed by atoms with E-state index in [4.69, 9.17) is 0 Å².